The third-order valence-corrected chi connectivity index (χ3v) is 5.72. The molecule has 2 heterocycles. The molecule has 1 N–H and O–H groups in total. The van der Waals surface area contributed by atoms with Crippen molar-refractivity contribution < 1.29 is 0 Å². The summed E-state index contributed by atoms with van der Waals surface area (Å²) in [4.78, 5) is 4.17. The van der Waals surface area contributed by atoms with Gasteiger partial charge in [-0.25, -0.2) is 0 Å². The third-order valence-electron chi connectivity index (χ3n) is 4.42. The zero-order valence-corrected chi connectivity index (χ0v) is 12.8. The minimum absolute atomic E-state index is 0.477. The molecule has 3 heteroatoms. The van der Waals surface area contributed by atoms with E-state index in [4.69, 9.17) is 0 Å². The van der Waals surface area contributed by atoms with E-state index in [1.54, 1.807) is 5.56 Å². The molecule has 0 aliphatic carbocycles. The molecule has 0 aromatic heterocycles. The average molecular weight is 276 g/mol. The van der Waals surface area contributed by atoms with Crippen molar-refractivity contribution in [3.8, 4) is 0 Å². The van der Waals surface area contributed by atoms with E-state index in [9.17, 15) is 0 Å². The van der Waals surface area contributed by atoms with Gasteiger partial charge in [0.1, 0.15) is 0 Å². The Kier molecular flexibility index (Phi) is 3.88. The summed E-state index contributed by atoms with van der Waals surface area (Å²) in [5, 5.41) is 4.11. The van der Waals surface area contributed by atoms with Gasteiger partial charge in [-0.2, -0.15) is 0 Å². The number of hydrogen-bond acceptors (Lipinski definition) is 3. The quantitative estimate of drug-likeness (QED) is 0.910. The summed E-state index contributed by atoms with van der Waals surface area (Å²) in [6.45, 7) is 7.33. The fourth-order valence-electron chi connectivity index (χ4n) is 3.50. The van der Waals surface area contributed by atoms with Crippen LogP contribution in [0.2, 0.25) is 0 Å². The topological polar surface area (TPSA) is 15.3 Å². The molecule has 19 heavy (non-hydrogen) atoms. The van der Waals surface area contributed by atoms with Crippen molar-refractivity contribution in [3.63, 3.8) is 0 Å². The lowest BCUT2D eigenvalue weighted by molar-refractivity contribution is 0.271. The van der Waals surface area contributed by atoms with Crippen molar-refractivity contribution >= 4 is 11.8 Å². The molecule has 1 fully saturated rings. The maximum atomic E-state index is 3.35. The fraction of sp³-hybridized carbons (Fsp3) is 0.625. The fourth-order valence-corrected chi connectivity index (χ4v) is 4.86. The normalized spacial score (nSPS) is 30.7. The van der Waals surface area contributed by atoms with E-state index >= 15 is 0 Å². The summed E-state index contributed by atoms with van der Waals surface area (Å²) in [5.74, 6) is 0. The minimum atomic E-state index is 0.477. The van der Waals surface area contributed by atoms with Crippen LogP contribution >= 0.6 is 11.8 Å². The highest BCUT2D eigenvalue weighted by Crippen LogP contribution is 2.38. The van der Waals surface area contributed by atoms with Crippen LogP contribution in [0.25, 0.3) is 0 Å². The van der Waals surface area contributed by atoms with E-state index in [1.165, 1.54) is 37.4 Å². The van der Waals surface area contributed by atoms with Gasteiger partial charge in [0.15, 0.2) is 0 Å². The Labute approximate surface area is 121 Å². The SMILES string of the molecule is CNCC1(C)CCN(CC2Cc3ccccc3S2)C1. The van der Waals surface area contributed by atoms with Crippen LogP contribution in [0.15, 0.2) is 29.2 Å². The monoisotopic (exact) mass is 276 g/mol. The van der Waals surface area contributed by atoms with E-state index < -0.39 is 0 Å². The zero-order chi connectivity index (χ0) is 13.3. The van der Waals surface area contributed by atoms with Crippen LogP contribution in [0.5, 0.6) is 0 Å². The maximum Gasteiger partial charge on any atom is 0.0263 e. The van der Waals surface area contributed by atoms with Crippen LogP contribution < -0.4 is 5.32 Å². The Morgan fingerprint density at radius 1 is 1.42 bits per heavy atom. The molecule has 104 valence electrons. The lowest BCUT2D eigenvalue weighted by Gasteiger charge is -2.25. The standard InChI is InChI=1S/C16H24N2S/c1-16(11-17-2)7-8-18(12-16)10-14-9-13-5-3-4-6-15(13)19-14/h3-6,14,17H,7-12H2,1-2H3. The molecule has 2 aliphatic heterocycles. The second kappa shape index (κ2) is 5.47. The minimum Gasteiger partial charge on any atom is -0.319 e. The van der Waals surface area contributed by atoms with Gasteiger partial charge >= 0.3 is 0 Å². The van der Waals surface area contributed by atoms with Gasteiger partial charge in [0.05, 0.1) is 0 Å². The van der Waals surface area contributed by atoms with Gasteiger partial charge in [0.25, 0.3) is 0 Å². The summed E-state index contributed by atoms with van der Waals surface area (Å²) in [6, 6.07) is 8.89. The van der Waals surface area contributed by atoms with Crippen molar-refractivity contribution in [2.45, 2.75) is 29.9 Å². The van der Waals surface area contributed by atoms with Crippen molar-refractivity contribution in [2.75, 3.05) is 33.2 Å². The van der Waals surface area contributed by atoms with E-state index in [0.29, 0.717) is 5.41 Å². The Bertz CT molecular complexity index is 423. The first kappa shape index (κ1) is 13.5. The molecular weight excluding hydrogens is 252 g/mol. The van der Waals surface area contributed by atoms with Gasteiger partial charge in [-0.1, -0.05) is 25.1 Å². The molecular formula is C16H24N2S. The third kappa shape index (κ3) is 2.99. The van der Waals surface area contributed by atoms with Crippen molar-refractivity contribution in [1.29, 1.82) is 0 Å². The lowest BCUT2D eigenvalue weighted by Crippen LogP contribution is -2.35. The molecule has 2 atom stereocenters. The maximum absolute atomic E-state index is 3.35. The second-order valence-corrected chi connectivity index (χ2v) is 7.72. The van der Waals surface area contributed by atoms with Crippen molar-refractivity contribution in [2.24, 2.45) is 5.41 Å². The zero-order valence-electron chi connectivity index (χ0n) is 12.0. The summed E-state index contributed by atoms with van der Waals surface area (Å²) < 4.78 is 0. The Morgan fingerprint density at radius 2 is 2.26 bits per heavy atom. The Morgan fingerprint density at radius 3 is 3.05 bits per heavy atom. The van der Waals surface area contributed by atoms with Crippen LogP contribution in [0.1, 0.15) is 18.9 Å². The number of thioether (sulfide) groups is 1. The second-order valence-electron chi connectivity index (χ2n) is 6.38. The van der Waals surface area contributed by atoms with E-state index in [-0.39, 0.29) is 0 Å². The number of nitrogens with one attached hydrogen (secondary N) is 1. The molecule has 2 unspecified atom stereocenters. The van der Waals surface area contributed by atoms with Crippen LogP contribution in [0.3, 0.4) is 0 Å². The van der Waals surface area contributed by atoms with Gasteiger partial charge in [-0.3, -0.25) is 0 Å². The number of rotatable bonds is 4. The molecule has 1 saturated heterocycles. The molecule has 1 aromatic carbocycles. The summed E-state index contributed by atoms with van der Waals surface area (Å²) in [5.41, 5.74) is 2.03. The van der Waals surface area contributed by atoms with Gasteiger partial charge in [-0.15, -0.1) is 11.8 Å². The molecule has 2 aliphatic rings. The smallest absolute Gasteiger partial charge is 0.0263 e. The van der Waals surface area contributed by atoms with Gasteiger partial charge in [0.2, 0.25) is 0 Å². The highest BCUT2D eigenvalue weighted by Gasteiger charge is 2.34. The Balaban J connectivity index is 1.55. The first-order valence-electron chi connectivity index (χ1n) is 7.30. The van der Waals surface area contributed by atoms with Crippen LogP contribution in [-0.4, -0.2) is 43.4 Å². The van der Waals surface area contributed by atoms with Gasteiger partial charge in [-0.05, 0) is 43.5 Å². The van der Waals surface area contributed by atoms with Crippen LogP contribution in [0, 0.1) is 5.41 Å². The molecule has 0 amide bonds. The predicted octanol–water partition coefficient (Wildman–Crippen LogP) is 2.63. The summed E-state index contributed by atoms with van der Waals surface area (Å²) in [7, 11) is 2.07. The predicted molar refractivity (Wildman–Crippen MR) is 82.9 cm³/mol. The molecule has 3 rings (SSSR count). The highest BCUT2D eigenvalue weighted by molar-refractivity contribution is 8.00. The van der Waals surface area contributed by atoms with Crippen molar-refractivity contribution in [1.82, 2.24) is 10.2 Å². The van der Waals surface area contributed by atoms with Gasteiger partial charge in [0, 0.05) is 29.8 Å². The molecule has 2 nitrogen and oxygen atoms in total. The summed E-state index contributed by atoms with van der Waals surface area (Å²) >= 11 is 2.08. The Hall–Kier alpha value is -0.510. The first-order valence-corrected chi connectivity index (χ1v) is 8.18. The van der Waals surface area contributed by atoms with E-state index in [0.717, 1.165) is 11.8 Å². The number of hydrogen-bond donors (Lipinski definition) is 1. The molecule has 0 saturated carbocycles. The number of likely N-dealkylation sites (tertiary alicyclic amines) is 1. The molecule has 0 spiro atoms. The number of nitrogens with zero attached hydrogens (tertiary/aromatic N) is 1. The van der Waals surface area contributed by atoms with Gasteiger partial charge < -0.3 is 10.2 Å². The summed E-state index contributed by atoms with van der Waals surface area (Å²) in [6.07, 6.45) is 2.58. The first-order chi connectivity index (χ1) is 9.18. The van der Waals surface area contributed by atoms with Crippen LogP contribution in [0.4, 0.5) is 0 Å². The van der Waals surface area contributed by atoms with Crippen LogP contribution in [-0.2, 0) is 6.42 Å². The number of fused-ring (bicyclic) bond motifs is 1. The number of benzene rings is 1. The lowest BCUT2D eigenvalue weighted by atomic mass is 9.90. The van der Waals surface area contributed by atoms with E-state index in [1.807, 2.05) is 0 Å². The highest BCUT2D eigenvalue weighted by atomic mass is 32.2. The molecule has 0 radical (unpaired) electrons. The van der Waals surface area contributed by atoms with Crippen molar-refractivity contribution in [3.05, 3.63) is 29.8 Å². The molecule has 1 aromatic rings. The average Bonchev–Trinajstić information content (AvgIpc) is 2.93. The molecule has 0 bridgehead atoms. The van der Waals surface area contributed by atoms with E-state index in [2.05, 4.69) is 60.2 Å². The largest absolute Gasteiger partial charge is 0.319 e.